The van der Waals surface area contributed by atoms with Gasteiger partial charge in [0.15, 0.2) is 5.54 Å². The number of carboxylic acid groups (broad SMARTS) is 1. The molecule has 2 N–H and O–H groups in total. The molecule has 0 heterocycles. The number of alkyl halides is 3. The van der Waals surface area contributed by atoms with Crippen LogP contribution >= 0.6 is 0 Å². The number of hydrogen-bond acceptors (Lipinski definition) is 2. The Bertz CT molecular complexity index is 514. The Balaban J connectivity index is 3.33. The number of carbonyl (C=O) groups is 2. The quantitative estimate of drug-likeness (QED) is 0.879. The summed E-state index contributed by atoms with van der Waals surface area (Å²) in [4.78, 5) is 22.9. The second kappa shape index (κ2) is 6.15. The summed E-state index contributed by atoms with van der Waals surface area (Å²) in [6.07, 6.45) is -5.30. The average molecular weight is 303 g/mol. The molecule has 1 aromatic rings. The highest BCUT2D eigenvalue weighted by Crippen LogP contribution is 2.31. The van der Waals surface area contributed by atoms with Crippen LogP contribution in [-0.4, -0.2) is 23.2 Å². The first-order chi connectivity index (χ1) is 9.59. The van der Waals surface area contributed by atoms with Crippen LogP contribution in [0.3, 0.4) is 0 Å². The fourth-order valence-electron chi connectivity index (χ4n) is 2.11. The van der Waals surface area contributed by atoms with Gasteiger partial charge in [0.1, 0.15) is 0 Å². The van der Waals surface area contributed by atoms with Gasteiger partial charge in [-0.1, -0.05) is 44.2 Å². The highest BCUT2D eigenvalue weighted by Gasteiger charge is 2.48. The molecule has 7 heteroatoms. The molecule has 116 valence electrons. The molecule has 0 saturated heterocycles. The lowest BCUT2D eigenvalue weighted by molar-refractivity contribution is -0.178. The van der Waals surface area contributed by atoms with E-state index in [-0.39, 0.29) is 17.9 Å². The van der Waals surface area contributed by atoms with E-state index in [4.69, 9.17) is 0 Å². The van der Waals surface area contributed by atoms with Crippen molar-refractivity contribution in [1.82, 2.24) is 5.32 Å². The Morgan fingerprint density at radius 1 is 1.19 bits per heavy atom. The van der Waals surface area contributed by atoms with Gasteiger partial charge in [0, 0.05) is 0 Å². The van der Waals surface area contributed by atoms with Crippen molar-refractivity contribution in [2.75, 3.05) is 0 Å². The molecule has 0 fully saturated rings. The van der Waals surface area contributed by atoms with Crippen molar-refractivity contribution in [3.63, 3.8) is 0 Å². The van der Waals surface area contributed by atoms with Crippen molar-refractivity contribution in [3.05, 3.63) is 35.9 Å². The van der Waals surface area contributed by atoms with E-state index in [1.165, 1.54) is 24.3 Å². The van der Waals surface area contributed by atoms with Gasteiger partial charge >= 0.3 is 18.1 Å². The number of halogens is 3. The lowest BCUT2D eigenvalue weighted by Crippen LogP contribution is -2.56. The van der Waals surface area contributed by atoms with Crippen LogP contribution in [0.2, 0.25) is 0 Å². The number of benzene rings is 1. The number of nitrogens with one attached hydrogen (secondary N) is 1. The SMILES string of the molecule is CC(C)CC(NC(=O)C(F)(F)F)(C(=O)O)c1ccccc1. The van der Waals surface area contributed by atoms with Crippen molar-refractivity contribution >= 4 is 11.9 Å². The molecule has 1 rings (SSSR count). The van der Waals surface area contributed by atoms with Gasteiger partial charge in [-0.25, -0.2) is 4.79 Å². The van der Waals surface area contributed by atoms with Gasteiger partial charge in [-0.05, 0) is 17.9 Å². The minimum absolute atomic E-state index is 0.101. The Labute approximate surface area is 120 Å². The van der Waals surface area contributed by atoms with Crippen LogP contribution in [0, 0.1) is 5.92 Å². The molecule has 21 heavy (non-hydrogen) atoms. The third-order valence-corrected chi connectivity index (χ3v) is 2.93. The molecule has 0 spiro atoms. The zero-order valence-electron chi connectivity index (χ0n) is 11.6. The highest BCUT2D eigenvalue weighted by atomic mass is 19.4. The second-order valence-electron chi connectivity index (χ2n) is 5.13. The maximum atomic E-state index is 12.5. The Hall–Kier alpha value is -2.05. The van der Waals surface area contributed by atoms with Crippen molar-refractivity contribution in [2.45, 2.75) is 32.0 Å². The van der Waals surface area contributed by atoms with E-state index < -0.39 is 23.6 Å². The molecule has 0 aliphatic carbocycles. The number of aliphatic carboxylic acids is 1. The van der Waals surface area contributed by atoms with Gasteiger partial charge in [0.05, 0.1) is 0 Å². The number of rotatable bonds is 5. The number of carbonyl (C=O) groups excluding carboxylic acids is 1. The Morgan fingerprint density at radius 2 is 1.71 bits per heavy atom. The molecule has 0 bridgehead atoms. The minimum atomic E-state index is -5.15. The van der Waals surface area contributed by atoms with E-state index in [9.17, 15) is 27.9 Å². The lowest BCUT2D eigenvalue weighted by atomic mass is 9.82. The first kappa shape index (κ1) is 17.0. The second-order valence-corrected chi connectivity index (χ2v) is 5.13. The summed E-state index contributed by atoms with van der Waals surface area (Å²) < 4.78 is 37.5. The molecule has 0 aliphatic heterocycles. The van der Waals surface area contributed by atoms with Gasteiger partial charge < -0.3 is 10.4 Å². The normalized spacial score (nSPS) is 14.6. The van der Waals surface area contributed by atoms with E-state index in [1.807, 2.05) is 0 Å². The number of amides is 1. The van der Waals surface area contributed by atoms with Crippen LogP contribution in [0.15, 0.2) is 30.3 Å². The fraction of sp³-hybridized carbons (Fsp3) is 0.429. The van der Waals surface area contributed by atoms with Crippen LogP contribution in [0.1, 0.15) is 25.8 Å². The van der Waals surface area contributed by atoms with Crippen LogP contribution in [0.5, 0.6) is 0 Å². The summed E-state index contributed by atoms with van der Waals surface area (Å²) >= 11 is 0. The van der Waals surface area contributed by atoms with Crippen LogP contribution in [0.4, 0.5) is 13.2 Å². The molecule has 4 nitrogen and oxygen atoms in total. The predicted octanol–water partition coefficient (Wildman–Crippen LogP) is 2.69. The van der Waals surface area contributed by atoms with E-state index in [0.717, 1.165) is 0 Å². The zero-order valence-corrected chi connectivity index (χ0v) is 11.6. The van der Waals surface area contributed by atoms with Crippen molar-refractivity contribution in [2.24, 2.45) is 5.92 Å². The van der Waals surface area contributed by atoms with Crippen LogP contribution in [0.25, 0.3) is 0 Å². The largest absolute Gasteiger partial charge is 0.479 e. The van der Waals surface area contributed by atoms with Crippen LogP contribution in [-0.2, 0) is 15.1 Å². The maximum Gasteiger partial charge on any atom is 0.471 e. The summed E-state index contributed by atoms with van der Waals surface area (Å²) in [5.74, 6) is -4.04. The molecule has 0 aliphatic rings. The Morgan fingerprint density at radius 3 is 2.10 bits per heavy atom. The molecular formula is C14H16F3NO3. The minimum Gasteiger partial charge on any atom is -0.479 e. The zero-order chi connectivity index (χ0) is 16.3. The monoisotopic (exact) mass is 303 g/mol. The highest BCUT2D eigenvalue weighted by molar-refractivity contribution is 5.90. The summed E-state index contributed by atoms with van der Waals surface area (Å²) in [5.41, 5.74) is -2.01. The third kappa shape index (κ3) is 3.96. The molecule has 0 aromatic heterocycles. The summed E-state index contributed by atoms with van der Waals surface area (Å²) in [6, 6.07) is 7.39. The molecule has 1 atom stereocenters. The molecule has 0 saturated carbocycles. The number of hydrogen-bond donors (Lipinski definition) is 2. The van der Waals surface area contributed by atoms with Gasteiger partial charge in [-0.2, -0.15) is 13.2 Å². The lowest BCUT2D eigenvalue weighted by Gasteiger charge is -2.33. The van der Waals surface area contributed by atoms with Crippen molar-refractivity contribution in [1.29, 1.82) is 0 Å². The molecule has 1 aromatic carbocycles. The molecule has 0 radical (unpaired) electrons. The molecule has 1 amide bonds. The maximum absolute atomic E-state index is 12.5. The fourth-order valence-corrected chi connectivity index (χ4v) is 2.11. The molecular weight excluding hydrogens is 287 g/mol. The van der Waals surface area contributed by atoms with Gasteiger partial charge in [-0.3, -0.25) is 4.79 Å². The number of carboxylic acids is 1. The first-order valence-corrected chi connectivity index (χ1v) is 6.28. The third-order valence-electron chi connectivity index (χ3n) is 2.93. The van der Waals surface area contributed by atoms with Crippen molar-refractivity contribution < 1.29 is 27.9 Å². The van der Waals surface area contributed by atoms with E-state index in [1.54, 1.807) is 25.2 Å². The summed E-state index contributed by atoms with van der Waals surface area (Å²) in [7, 11) is 0. The molecule has 1 unspecified atom stereocenters. The summed E-state index contributed by atoms with van der Waals surface area (Å²) in [5, 5.41) is 11.1. The first-order valence-electron chi connectivity index (χ1n) is 6.28. The summed E-state index contributed by atoms with van der Waals surface area (Å²) in [6.45, 7) is 3.33. The average Bonchev–Trinajstić information content (AvgIpc) is 2.36. The Kier molecular flexibility index (Phi) is 4.98. The van der Waals surface area contributed by atoms with E-state index in [0.29, 0.717) is 0 Å². The predicted molar refractivity (Wildman–Crippen MR) is 69.4 cm³/mol. The van der Waals surface area contributed by atoms with Gasteiger partial charge in [0.25, 0.3) is 0 Å². The van der Waals surface area contributed by atoms with Crippen molar-refractivity contribution in [3.8, 4) is 0 Å². The standard InChI is InChI=1S/C14H16F3NO3/c1-9(2)8-13(12(20)21,10-6-4-3-5-7-10)18-11(19)14(15,16)17/h3-7,9H,8H2,1-2H3,(H,18,19)(H,20,21). The van der Waals surface area contributed by atoms with Gasteiger partial charge in [-0.15, -0.1) is 0 Å². The topological polar surface area (TPSA) is 66.4 Å². The smallest absolute Gasteiger partial charge is 0.471 e. The van der Waals surface area contributed by atoms with E-state index in [2.05, 4.69) is 0 Å². The van der Waals surface area contributed by atoms with Gasteiger partial charge in [0.2, 0.25) is 0 Å². The van der Waals surface area contributed by atoms with Crippen LogP contribution < -0.4 is 5.32 Å². The van der Waals surface area contributed by atoms with E-state index >= 15 is 0 Å².